The molecule has 3 N–H and O–H groups in total. The van der Waals surface area contributed by atoms with Crippen molar-refractivity contribution in [2.75, 3.05) is 25.9 Å². The van der Waals surface area contributed by atoms with Crippen molar-refractivity contribution in [3.63, 3.8) is 0 Å². The molecule has 1 aromatic carbocycles. The Morgan fingerprint density at radius 2 is 2.00 bits per heavy atom. The van der Waals surface area contributed by atoms with E-state index in [0.717, 1.165) is 42.7 Å². The Balaban J connectivity index is 1.62. The van der Waals surface area contributed by atoms with Gasteiger partial charge in [0.05, 0.1) is 6.20 Å². The van der Waals surface area contributed by atoms with Gasteiger partial charge in [-0.05, 0) is 67.2 Å². The van der Waals surface area contributed by atoms with Gasteiger partial charge in [-0.25, -0.2) is 4.98 Å². The van der Waals surface area contributed by atoms with Crippen LogP contribution < -0.4 is 11.1 Å². The number of pyridine rings is 1. The minimum atomic E-state index is 0.453. The molecule has 0 amide bonds. The van der Waals surface area contributed by atoms with Crippen LogP contribution >= 0.6 is 0 Å². The Kier molecular flexibility index (Phi) is 4.60. The van der Waals surface area contributed by atoms with E-state index in [9.17, 15) is 0 Å². The van der Waals surface area contributed by atoms with Crippen molar-refractivity contribution >= 4 is 5.82 Å². The topological polar surface area (TPSA) is 72.0 Å². The SMILES string of the molecule is CN1CCc2cc(-c3cnc(N)c(-c4cnn(C)c4)c3)cc(C3CCCN3)c2C1. The van der Waals surface area contributed by atoms with Crippen molar-refractivity contribution in [3.8, 4) is 22.3 Å². The summed E-state index contributed by atoms with van der Waals surface area (Å²) in [4.78, 5) is 6.93. The Hall–Kier alpha value is -2.70. The maximum Gasteiger partial charge on any atom is 0.131 e. The summed E-state index contributed by atoms with van der Waals surface area (Å²) in [5, 5.41) is 7.99. The summed E-state index contributed by atoms with van der Waals surface area (Å²) in [5.74, 6) is 0.541. The highest BCUT2D eigenvalue weighted by Crippen LogP contribution is 2.36. The first-order chi connectivity index (χ1) is 14.1. The van der Waals surface area contributed by atoms with Gasteiger partial charge in [-0.15, -0.1) is 0 Å². The molecule has 0 spiro atoms. The van der Waals surface area contributed by atoms with Gasteiger partial charge in [-0.1, -0.05) is 6.07 Å². The van der Waals surface area contributed by atoms with E-state index in [1.807, 2.05) is 25.6 Å². The molecule has 0 radical (unpaired) electrons. The van der Waals surface area contributed by atoms with Crippen LogP contribution in [-0.4, -0.2) is 39.8 Å². The summed E-state index contributed by atoms with van der Waals surface area (Å²) in [5.41, 5.74) is 14.9. The van der Waals surface area contributed by atoms with Crippen molar-refractivity contribution in [1.82, 2.24) is 25.0 Å². The predicted molar refractivity (Wildman–Crippen MR) is 116 cm³/mol. The average molecular weight is 389 g/mol. The Morgan fingerprint density at radius 1 is 1.10 bits per heavy atom. The van der Waals surface area contributed by atoms with Gasteiger partial charge >= 0.3 is 0 Å². The predicted octanol–water partition coefficient (Wildman–Crippen LogP) is 3.14. The van der Waals surface area contributed by atoms with Crippen LogP contribution in [0.5, 0.6) is 0 Å². The van der Waals surface area contributed by atoms with Gasteiger partial charge in [0.25, 0.3) is 0 Å². The Labute approximate surface area is 171 Å². The van der Waals surface area contributed by atoms with Crippen LogP contribution in [0.3, 0.4) is 0 Å². The molecular formula is C23H28N6. The fourth-order valence-corrected chi connectivity index (χ4v) is 4.69. The van der Waals surface area contributed by atoms with Crippen LogP contribution in [0.2, 0.25) is 0 Å². The molecule has 29 heavy (non-hydrogen) atoms. The molecule has 2 aromatic heterocycles. The fraction of sp³-hybridized carbons (Fsp3) is 0.391. The zero-order chi connectivity index (χ0) is 20.0. The number of hydrogen-bond donors (Lipinski definition) is 2. The molecule has 4 heterocycles. The Bertz CT molecular complexity index is 1050. The molecule has 0 bridgehead atoms. The number of nitrogens with zero attached hydrogens (tertiary/aromatic N) is 4. The first-order valence-electron chi connectivity index (χ1n) is 10.4. The van der Waals surface area contributed by atoms with Crippen LogP contribution in [0.15, 0.2) is 36.8 Å². The second-order valence-corrected chi connectivity index (χ2v) is 8.40. The van der Waals surface area contributed by atoms with Crippen molar-refractivity contribution in [3.05, 3.63) is 53.5 Å². The number of nitrogens with two attached hydrogens (primary N) is 1. The molecule has 2 aliphatic rings. The zero-order valence-electron chi connectivity index (χ0n) is 17.2. The molecule has 1 fully saturated rings. The van der Waals surface area contributed by atoms with Crippen LogP contribution in [0.1, 0.15) is 35.6 Å². The number of hydrogen-bond acceptors (Lipinski definition) is 5. The third-order valence-corrected chi connectivity index (χ3v) is 6.27. The molecule has 3 aromatic rings. The van der Waals surface area contributed by atoms with Gasteiger partial charge in [0, 0.05) is 55.3 Å². The third-order valence-electron chi connectivity index (χ3n) is 6.27. The van der Waals surface area contributed by atoms with Gasteiger partial charge in [0.1, 0.15) is 5.82 Å². The molecule has 1 saturated heterocycles. The normalized spacial score (nSPS) is 19.4. The summed E-state index contributed by atoms with van der Waals surface area (Å²) in [6.45, 7) is 3.24. The number of aryl methyl sites for hydroxylation is 1. The number of anilines is 1. The van der Waals surface area contributed by atoms with E-state index in [2.05, 4.69) is 45.5 Å². The molecule has 1 atom stereocenters. The van der Waals surface area contributed by atoms with E-state index in [1.54, 1.807) is 4.68 Å². The Morgan fingerprint density at radius 3 is 2.76 bits per heavy atom. The largest absolute Gasteiger partial charge is 0.383 e. The summed E-state index contributed by atoms with van der Waals surface area (Å²) < 4.78 is 1.79. The van der Waals surface area contributed by atoms with Crippen LogP contribution in [0, 0.1) is 0 Å². The first kappa shape index (κ1) is 18.3. The molecule has 5 rings (SSSR count). The van der Waals surface area contributed by atoms with Gasteiger partial charge in [0.2, 0.25) is 0 Å². The van der Waals surface area contributed by atoms with Gasteiger partial charge in [-0.2, -0.15) is 5.10 Å². The maximum atomic E-state index is 6.20. The third kappa shape index (κ3) is 3.43. The van der Waals surface area contributed by atoms with E-state index < -0.39 is 0 Å². The van der Waals surface area contributed by atoms with Crippen molar-refractivity contribution in [2.45, 2.75) is 31.8 Å². The zero-order valence-corrected chi connectivity index (χ0v) is 17.2. The molecule has 6 nitrogen and oxygen atoms in total. The lowest BCUT2D eigenvalue weighted by Gasteiger charge is -2.30. The summed E-state index contributed by atoms with van der Waals surface area (Å²) in [6.07, 6.45) is 9.27. The highest BCUT2D eigenvalue weighted by molar-refractivity contribution is 5.79. The van der Waals surface area contributed by atoms with E-state index in [1.165, 1.54) is 35.1 Å². The van der Waals surface area contributed by atoms with Crippen molar-refractivity contribution in [1.29, 1.82) is 0 Å². The minimum absolute atomic E-state index is 0.453. The highest BCUT2D eigenvalue weighted by Gasteiger charge is 2.25. The quantitative estimate of drug-likeness (QED) is 0.721. The van der Waals surface area contributed by atoms with E-state index >= 15 is 0 Å². The number of aromatic nitrogens is 3. The summed E-state index contributed by atoms with van der Waals surface area (Å²) >= 11 is 0. The van der Waals surface area contributed by atoms with Gasteiger partial charge in [0.15, 0.2) is 0 Å². The van der Waals surface area contributed by atoms with Crippen molar-refractivity contribution < 1.29 is 0 Å². The van der Waals surface area contributed by atoms with Crippen LogP contribution in [0.4, 0.5) is 5.82 Å². The molecular weight excluding hydrogens is 360 g/mol. The van der Waals surface area contributed by atoms with E-state index in [-0.39, 0.29) is 0 Å². The number of benzene rings is 1. The summed E-state index contributed by atoms with van der Waals surface area (Å²) in [7, 11) is 4.13. The van der Waals surface area contributed by atoms with Gasteiger partial charge < -0.3 is 16.0 Å². The molecule has 0 saturated carbocycles. The number of nitrogen functional groups attached to an aromatic ring is 1. The minimum Gasteiger partial charge on any atom is -0.383 e. The lowest BCUT2D eigenvalue weighted by molar-refractivity contribution is 0.310. The first-order valence-corrected chi connectivity index (χ1v) is 10.4. The lowest BCUT2D eigenvalue weighted by Crippen LogP contribution is -2.29. The van der Waals surface area contributed by atoms with Crippen LogP contribution in [-0.2, 0) is 20.0 Å². The van der Waals surface area contributed by atoms with Crippen LogP contribution in [0.25, 0.3) is 22.3 Å². The van der Waals surface area contributed by atoms with E-state index in [4.69, 9.17) is 5.73 Å². The molecule has 2 aliphatic heterocycles. The number of likely N-dealkylation sites (N-methyl/N-ethyl adjacent to an activating group) is 1. The monoisotopic (exact) mass is 388 g/mol. The number of rotatable bonds is 3. The highest BCUT2D eigenvalue weighted by atomic mass is 15.2. The molecule has 6 heteroatoms. The lowest BCUT2D eigenvalue weighted by atomic mass is 9.87. The van der Waals surface area contributed by atoms with Crippen molar-refractivity contribution in [2.24, 2.45) is 7.05 Å². The molecule has 1 unspecified atom stereocenters. The molecule has 150 valence electrons. The second kappa shape index (κ2) is 7.28. The average Bonchev–Trinajstić information content (AvgIpc) is 3.39. The molecule has 0 aliphatic carbocycles. The van der Waals surface area contributed by atoms with E-state index in [0.29, 0.717) is 11.9 Å². The smallest absolute Gasteiger partial charge is 0.131 e. The second-order valence-electron chi connectivity index (χ2n) is 8.40. The summed E-state index contributed by atoms with van der Waals surface area (Å²) in [6, 6.07) is 7.35. The number of nitrogens with one attached hydrogen (secondary N) is 1. The maximum absolute atomic E-state index is 6.20. The number of fused-ring (bicyclic) bond motifs is 1. The standard InChI is InChI=1S/C23H28N6/c1-28-7-5-15-8-16(9-20(21(15)14-28)22-4-3-6-25-22)17-10-19(23(24)26-11-17)18-12-27-29(2)13-18/h8-13,22,25H,3-7,14H2,1-2H3,(H2,24,26). The van der Waals surface area contributed by atoms with Gasteiger partial charge in [-0.3, -0.25) is 4.68 Å². The fourth-order valence-electron chi connectivity index (χ4n) is 4.69.